The number of halogens is 1. The van der Waals surface area contributed by atoms with Gasteiger partial charge in [-0.2, -0.15) is 5.01 Å². The van der Waals surface area contributed by atoms with Crippen LogP contribution in [0.15, 0.2) is 36.4 Å². The highest BCUT2D eigenvalue weighted by atomic mass is 35.5. The molecule has 1 atom stereocenters. The van der Waals surface area contributed by atoms with Crippen molar-refractivity contribution in [3.05, 3.63) is 51.2 Å². The number of carbonyl (C=O) groups is 3. The normalized spacial score (nSPS) is 21.8. The second-order valence-corrected chi connectivity index (χ2v) is 10.0. The zero-order chi connectivity index (χ0) is 23.6. The lowest BCUT2D eigenvalue weighted by atomic mass is 9.92. The summed E-state index contributed by atoms with van der Waals surface area (Å²) in [7, 11) is 1.53. The molecule has 33 heavy (non-hydrogen) atoms. The molecule has 2 fully saturated rings. The first-order valence-corrected chi connectivity index (χ1v) is 11.8. The molecule has 4 rings (SSSR count). The second kappa shape index (κ2) is 9.68. The number of carbonyl (C=O) groups excluding carboxylic acids is 3. The molecule has 11 heteroatoms. The monoisotopic (exact) mass is 491 g/mol. The van der Waals surface area contributed by atoms with Crippen LogP contribution >= 0.6 is 22.9 Å². The molecule has 2 N–H and O–H groups in total. The molecule has 1 unspecified atom stereocenters. The standard InChI is InChI=1S/C22H26ClN5O4S/c1-22(15-4-3-5-16(12-15)32-2)20(30)28(21(31)24-22)25-19(29)14-27-10-8-26(9-11-27)13-17-6-7-18(23)33-17/h3-7,12H,8-11,13-14H2,1-2H3,(H,24,31)(H,25,29). The summed E-state index contributed by atoms with van der Waals surface area (Å²) < 4.78 is 6.00. The van der Waals surface area contributed by atoms with Crippen molar-refractivity contribution in [3.8, 4) is 5.75 Å². The minimum absolute atomic E-state index is 0.103. The van der Waals surface area contributed by atoms with E-state index in [0.717, 1.165) is 29.0 Å². The number of nitrogens with zero attached hydrogens (tertiary/aromatic N) is 3. The van der Waals surface area contributed by atoms with E-state index in [0.29, 0.717) is 24.4 Å². The number of nitrogens with one attached hydrogen (secondary N) is 2. The van der Waals surface area contributed by atoms with Gasteiger partial charge >= 0.3 is 6.03 Å². The maximum absolute atomic E-state index is 13.0. The van der Waals surface area contributed by atoms with Gasteiger partial charge in [0.05, 0.1) is 18.0 Å². The van der Waals surface area contributed by atoms with Crippen molar-refractivity contribution < 1.29 is 19.1 Å². The number of thiophene rings is 1. The number of ether oxygens (including phenoxy) is 1. The van der Waals surface area contributed by atoms with Crippen molar-refractivity contribution in [2.75, 3.05) is 39.8 Å². The highest BCUT2D eigenvalue weighted by Gasteiger charge is 2.50. The highest BCUT2D eigenvalue weighted by molar-refractivity contribution is 7.16. The van der Waals surface area contributed by atoms with E-state index in [1.807, 2.05) is 17.0 Å². The maximum Gasteiger partial charge on any atom is 0.344 e. The summed E-state index contributed by atoms with van der Waals surface area (Å²) in [4.78, 5) is 43.7. The molecular formula is C22H26ClN5O4S. The van der Waals surface area contributed by atoms with Crippen LogP contribution in [0, 0.1) is 0 Å². The Morgan fingerprint density at radius 1 is 1.18 bits per heavy atom. The van der Waals surface area contributed by atoms with Gasteiger partial charge in [0.25, 0.3) is 11.8 Å². The van der Waals surface area contributed by atoms with Gasteiger partial charge in [0.1, 0.15) is 11.3 Å². The van der Waals surface area contributed by atoms with Crippen molar-refractivity contribution >= 4 is 40.8 Å². The van der Waals surface area contributed by atoms with Crippen LogP contribution < -0.4 is 15.5 Å². The predicted molar refractivity (Wildman–Crippen MR) is 125 cm³/mol. The number of benzene rings is 1. The number of amides is 4. The average Bonchev–Trinajstić information content (AvgIpc) is 3.31. The Morgan fingerprint density at radius 2 is 1.91 bits per heavy atom. The molecule has 2 aromatic rings. The summed E-state index contributed by atoms with van der Waals surface area (Å²) in [5.74, 6) is -0.389. The third-order valence-corrected chi connectivity index (χ3v) is 7.13. The molecule has 0 radical (unpaired) electrons. The molecule has 2 aliphatic rings. The predicted octanol–water partition coefficient (Wildman–Crippen LogP) is 2.03. The number of rotatable bonds is 7. The lowest BCUT2D eigenvalue weighted by Gasteiger charge is -2.34. The van der Waals surface area contributed by atoms with Crippen molar-refractivity contribution in [1.29, 1.82) is 0 Å². The fraction of sp³-hybridized carbons (Fsp3) is 0.409. The van der Waals surface area contributed by atoms with E-state index < -0.39 is 23.4 Å². The van der Waals surface area contributed by atoms with Gasteiger partial charge in [-0.05, 0) is 36.8 Å². The van der Waals surface area contributed by atoms with Gasteiger partial charge in [0, 0.05) is 37.6 Å². The Bertz CT molecular complexity index is 1050. The average molecular weight is 492 g/mol. The van der Waals surface area contributed by atoms with Crippen molar-refractivity contribution in [3.63, 3.8) is 0 Å². The van der Waals surface area contributed by atoms with Crippen LogP contribution in [-0.4, -0.2) is 72.5 Å². The third kappa shape index (κ3) is 5.14. The molecule has 3 heterocycles. The smallest absolute Gasteiger partial charge is 0.344 e. The quantitative estimate of drug-likeness (QED) is 0.575. The molecule has 0 bridgehead atoms. The number of hydrazine groups is 1. The van der Waals surface area contributed by atoms with Gasteiger partial charge < -0.3 is 10.1 Å². The lowest BCUT2D eigenvalue weighted by Crippen LogP contribution is -2.53. The fourth-order valence-corrected chi connectivity index (χ4v) is 5.13. The van der Waals surface area contributed by atoms with Crippen molar-refractivity contribution in [1.82, 2.24) is 25.6 Å². The number of urea groups is 1. The molecule has 1 aromatic carbocycles. The van der Waals surface area contributed by atoms with E-state index in [1.165, 1.54) is 12.0 Å². The summed E-state index contributed by atoms with van der Waals surface area (Å²) in [6.45, 7) is 5.62. The van der Waals surface area contributed by atoms with E-state index >= 15 is 0 Å². The minimum atomic E-state index is -1.30. The van der Waals surface area contributed by atoms with Crippen LogP contribution in [0.25, 0.3) is 0 Å². The summed E-state index contributed by atoms with van der Waals surface area (Å²) in [6, 6.07) is 10.2. The Morgan fingerprint density at radius 3 is 2.58 bits per heavy atom. The topological polar surface area (TPSA) is 94.2 Å². The zero-order valence-corrected chi connectivity index (χ0v) is 20.0. The fourth-order valence-electron chi connectivity index (χ4n) is 4.00. The first-order valence-electron chi connectivity index (χ1n) is 10.6. The van der Waals surface area contributed by atoms with Gasteiger partial charge in [0.15, 0.2) is 0 Å². The second-order valence-electron chi connectivity index (χ2n) is 8.22. The van der Waals surface area contributed by atoms with Crippen LogP contribution in [0.2, 0.25) is 4.34 Å². The Labute approximate surface area is 201 Å². The van der Waals surface area contributed by atoms with E-state index in [9.17, 15) is 14.4 Å². The number of hydrogen-bond donors (Lipinski definition) is 2. The molecule has 2 saturated heterocycles. The van der Waals surface area contributed by atoms with Crippen LogP contribution in [0.5, 0.6) is 5.75 Å². The highest BCUT2D eigenvalue weighted by Crippen LogP contribution is 2.30. The largest absolute Gasteiger partial charge is 0.497 e. The molecular weight excluding hydrogens is 466 g/mol. The number of piperazine rings is 1. The van der Waals surface area contributed by atoms with Crippen LogP contribution in [0.4, 0.5) is 4.79 Å². The van der Waals surface area contributed by atoms with Gasteiger partial charge in [0.2, 0.25) is 0 Å². The SMILES string of the molecule is COc1cccc(C2(C)NC(=O)N(NC(=O)CN3CCN(Cc4ccc(Cl)s4)CC3)C2=O)c1. The molecule has 9 nitrogen and oxygen atoms in total. The Hall–Kier alpha value is -2.66. The molecule has 0 spiro atoms. The van der Waals surface area contributed by atoms with Gasteiger partial charge in [-0.15, -0.1) is 11.3 Å². The Balaban J connectivity index is 1.30. The van der Waals surface area contributed by atoms with Crippen LogP contribution in [0.3, 0.4) is 0 Å². The summed E-state index contributed by atoms with van der Waals surface area (Å²) in [6.07, 6.45) is 0. The Kier molecular flexibility index (Phi) is 6.89. The van der Waals surface area contributed by atoms with E-state index in [1.54, 1.807) is 42.5 Å². The first kappa shape index (κ1) is 23.5. The molecule has 0 saturated carbocycles. The van der Waals surface area contributed by atoms with E-state index in [-0.39, 0.29) is 6.54 Å². The third-order valence-electron chi connectivity index (χ3n) is 5.91. The van der Waals surface area contributed by atoms with Crippen LogP contribution in [-0.2, 0) is 21.7 Å². The first-order chi connectivity index (χ1) is 15.8. The number of methoxy groups -OCH3 is 1. The number of hydrogen-bond acceptors (Lipinski definition) is 7. The summed E-state index contributed by atoms with van der Waals surface area (Å²) >= 11 is 7.58. The summed E-state index contributed by atoms with van der Waals surface area (Å²) in [5.41, 5.74) is 1.74. The van der Waals surface area contributed by atoms with Gasteiger partial charge in [-0.1, -0.05) is 23.7 Å². The van der Waals surface area contributed by atoms with Crippen LogP contribution in [0.1, 0.15) is 17.4 Å². The molecule has 0 aliphatic carbocycles. The maximum atomic E-state index is 13.0. The number of imide groups is 1. The summed E-state index contributed by atoms with van der Waals surface area (Å²) in [5, 5.41) is 3.44. The molecule has 2 aliphatic heterocycles. The lowest BCUT2D eigenvalue weighted by molar-refractivity contribution is -0.139. The zero-order valence-electron chi connectivity index (χ0n) is 18.5. The minimum Gasteiger partial charge on any atom is -0.497 e. The molecule has 1 aromatic heterocycles. The van der Waals surface area contributed by atoms with Crippen molar-refractivity contribution in [2.45, 2.75) is 19.0 Å². The van der Waals surface area contributed by atoms with Gasteiger partial charge in [-0.3, -0.25) is 24.8 Å². The van der Waals surface area contributed by atoms with E-state index in [4.69, 9.17) is 16.3 Å². The van der Waals surface area contributed by atoms with E-state index in [2.05, 4.69) is 15.6 Å². The van der Waals surface area contributed by atoms with Crippen molar-refractivity contribution in [2.24, 2.45) is 0 Å². The van der Waals surface area contributed by atoms with Gasteiger partial charge in [-0.25, -0.2) is 4.79 Å². The molecule has 4 amide bonds. The molecule has 176 valence electrons.